The summed E-state index contributed by atoms with van der Waals surface area (Å²) < 4.78 is 0. The SMILES string of the molecule is O=C(C1CC1)N1CC[C@@H](CN2C(=O)C3(CC3)N=C2c2ccc(-c3cccc4[nH]ncc34)s2)C1. The summed E-state index contributed by atoms with van der Waals surface area (Å²) in [4.78, 5) is 36.9. The van der Waals surface area contributed by atoms with E-state index in [4.69, 9.17) is 4.99 Å². The summed E-state index contributed by atoms with van der Waals surface area (Å²) >= 11 is 1.68. The van der Waals surface area contributed by atoms with Gasteiger partial charge in [-0.25, -0.2) is 0 Å². The van der Waals surface area contributed by atoms with Gasteiger partial charge in [-0.3, -0.25) is 24.6 Å². The van der Waals surface area contributed by atoms with Crippen LogP contribution < -0.4 is 0 Å². The fourth-order valence-electron chi connectivity index (χ4n) is 5.27. The van der Waals surface area contributed by atoms with E-state index in [1.807, 2.05) is 28.1 Å². The number of aromatic nitrogens is 2. The van der Waals surface area contributed by atoms with Crippen LogP contribution in [0, 0.1) is 11.8 Å². The number of benzene rings is 1. The van der Waals surface area contributed by atoms with E-state index in [-0.39, 0.29) is 11.8 Å². The molecule has 8 heteroatoms. The highest BCUT2D eigenvalue weighted by Gasteiger charge is 2.57. The average Bonchev–Trinajstić information content (AvgIpc) is 3.59. The van der Waals surface area contributed by atoms with Crippen LogP contribution in [-0.4, -0.2) is 62.8 Å². The fraction of sp³-hybridized carbons (Fsp3) is 0.440. The number of amidine groups is 1. The molecule has 0 bridgehead atoms. The van der Waals surface area contributed by atoms with Crippen LogP contribution in [0.2, 0.25) is 0 Å². The molecular formula is C25H25N5O2S. The third kappa shape index (κ3) is 3.14. The van der Waals surface area contributed by atoms with Crippen molar-refractivity contribution in [2.45, 2.75) is 37.6 Å². The van der Waals surface area contributed by atoms with Crippen LogP contribution in [0.25, 0.3) is 21.3 Å². The van der Waals surface area contributed by atoms with E-state index in [0.29, 0.717) is 18.4 Å². The molecule has 33 heavy (non-hydrogen) atoms. The quantitative estimate of drug-likeness (QED) is 0.632. The highest BCUT2D eigenvalue weighted by molar-refractivity contribution is 7.17. The standard InChI is InChI=1S/C25H25N5O2S/c31-23(16-4-5-16)29-11-8-15(13-29)14-30-22(27-25(9-10-25)24(30)32)21-7-6-20(33-21)17-2-1-3-19-18(17)12-26-28-19/h1-3,6-7,12,15-16H,4-5,8-11,13-14H2,(H,26,28)/t15-/m1/s1. The zero-order valence-electron chi connectivity index (χ0n) is 18.3. The van der Waals surface area contributed by atoms with Crippen molar-refractivity contribution in [1.82, 2.24) is 20.0 Å². The highest BCUT2D eigenvalue weighted by atomic mass is 32.1. The molecule has 4 heterocycles. The van der Waals surface area contributed by atoms with Crippen molar-refractivity contribution in [3.63, 3.8) is 0 Å². The Bertz CT molecular complexity index is 1320. The largest absolute Gasteiger partial charge is 0.342 e. The number of amides is 2. The number of rotatable bonds is 5. The van der Waals surface area contributed by atoms with Crippen molar-refractivity contribution in [2.75, 3.05) is 19.6 Å². The van der Waals surface area contributed by atoms with Crippen LogP contribution in [0.4, 0.5) is 0 Å². The second-order valence-corrected chi connectivity index (χ2v) is 11.0. The second-order valence-electron chi connectivity index (χ2n) is 9.90. The van der Waals surface area contributed by atoms with Gasteiger partial charge in [-0.15, -0.1) is 11.3 Å². The fourth-order valence-corrected chi connectivity index (χ4v) is 6.32. The number of nitrogens with zero attached hydrogens (tertiary/aromatic N) is 4. The maximum atomic E-state index is 13.3. The molecular weight excluding hydrogens is 434 g/mol. The summed E-state index contributed by atoms with van der Waals surface area (Å²) in [6, 6.07) is 10.4. The van der Waals surface area contributed by atoms with Gasteiger partial charge in [0, 0.05) is 41.4 Å². The molecule has 1 atom stereocenters. The molecule has 1 aromatic carbocycles. The number of nitrogens with one attached hydrogen (secondary N) is 1. The summed E-state index contributed by atoms with van der Waals surface area (Å²) in [6.45, 7) is 2.23. The van der Waals surface area contributed by atoms with Crippen LogP contribution in [0.5, 0.6) is 0 Å². The van der Waals surface area contributed by atoms with Gasteiger partial charge in [0.1, 0.15) is 11.4 Å². The van der Waals surface area contributed by atoms with Crippen LogP contribution >= 0.6 is 11.3 Å². The molecule has 2 saturated carbocycles. The molecule has 0 unspecified atom stereocenters. The summed E-state index contributed by atoms with van der Waals surface area (Å²) in [5.74, 6) is 1.86. The number of carbonyl (C=O) groups is 2. The number of likely N-dealkylation sites (tertiary alicyclic amines) is 1. The van der Waals surface area contributed by atoms with Crippen molar-refractivity contribution in [3.05, 3.63) is 41.4 Å². The molecule has 7 nitrogen and oxygen atoms in total. The van der Waals surface area contributed by atoms with Crippen LogP contribution in [-0.2, 0) is 9.59 Å². The Balaban J connectivity index is 1.16. The van der Waals surface area contributed by atoms with Crippen LogP contribution in [0.1, 0.15) is 37.0 Å². The zero-order chi connectivity index (χ0) is 22.2. The van der Waals surface area contributed by atoms with E-state index >= 15 is 0 Å². The lowest BCUT2D eigenvalue weighted by molar-refractivity contribution is -0.131. The number of hydrogen-bond donors (Lipinski definition) is 1. The molecule has 0 radical (unpaired) electrons. The van der Waals surface area contributed by atoms with Gasteiger partial charge in [0.2, 0.25) is 5.91 Å². The first-order chi connectivity index (χ1) is 16.1. The van der Waals surface area contributed by atoms with Gasteiger partial charge in [-0.2, -0.15) is 5.10 Å². The molecule has 1 spiro atoms. The number of fused-ring (bicyclic) bond motifs is 1. The summed E-state index contributed by atoms with van der Waals surface area (Å²) in [7, 11) is 0. The van der Waals surface area contributed by atoms with Crippen LogP contribution in [0.3, 0.4) is 0 Å². The van der Waals surface area contributed by atoms with Crippen molar-refractivity contribution in [2.24, 2.45) is 16.8 Å². The van der Waals surface area contributed by atoms with Gasteiger partial charge in [0.15, 0.2) is 0 Å². The smallest absolute Gasteiger partial charge is 0.256 e. The first-order valence-corrected chi connectivity index (χ1v) is 12.7. The molecule has 3 aromatic rings. The Morgan fingerprint density at radius 3 is 2.82 bits per heavy atom. The molecule has 2 aliphatic carbocycles. The summed E-state index contributed by atoms with van der Waals surface area (Å²) in [5.41, 5.74) is 1.63. The number of H-pyrrole nitrogens is 1. The lowest BCUT2D eigenvalue weighted by Crippen LogP contribution is -2.40. The van der Waals surface area contributed by atoms with E-state index in [2.05, 4.69) is 28.4 Å². The maximum Gasteiger partial charge on any atom is 0.256 e. The monoisotopic (exact) mass is 459 g/mol. The Morgan fingerprint density at radius 2 is 2.00 bits per heavy atom. The molecule has 2 amide bonds. The third-order valence-electron chi connectivity index (χ3n) is 7.48. The van der Waals surface area contributed by atoms with Gasteiger partial charge in [-0.1, -0.05) is 12.1 Å². The van der Waals surface area contributed by atoms with Gasteiger partial charge in [0.25, 0.3) is 5.91 Å². The molecule has 2 aliphatic heterocycles. The van der Waals surface area contributed by atoms with Gasteiger partial charge in [-0.05, 0) is 56.2 Å². The van der Waals surface area contributed by atoms with Crippen molar-refractivity contribution >= 4 is 39.9 Å². The van der Waals surface area contributed by atoms with E-state index in [0.717, 1.165) is 77.2 Å². The minimum atomic E-state index is -0.522. The molecule has 3 fully saturated rings. The number of aromatic amines is 1. The Labute approximate surface area is 195 Å². The van der Waals surface area contributed by atoms with E-state index in [1.165, 1.54) is 0 Å². The number of carbonyl (C=O) groups excluding carboxylic acids is 2. The van der Waals surface area contributed by atoms with Gasteiger partial charge in [0.05, 0.1) is 16.6 Å². The van der Waals surface area contributed by atoms with Gasteiger partial charge < -0.3 is 4.90 Å². The van der Waals surface area contributed by atoms with Crippen LogP contribution in [0.15, 0.2) is 41.5 Å². The Morgan fingerprint density at radius 1 is 1.15 bits per heavy atom. The topological polar surface area (TPSA) is 81.7 Å². The molecule has 168 valence electrons. The summed E-state index contributed by atoms with van der Waals surface area (Å²) in [6.07, 6.45) is 6.58. The van der Waals surface area contributed by atoms with E-state index < -0.39 is 5.54 Å². The summed E-state index contributed by atoms with van der Waals surface area (Å²) in [5, 5.41) is 8.32. The third-order valence-corrected chi connectivity index (χ3v) is 8.60. The first-order valence-electron chi connectivity index (χ1n) is 11.8. The van der Waals surface area contributed by atoms with E-state index in [9.17, 15) is 9.59 Å². The molecule has 1 N–H and O–H groups in total. The second kappa shape index (κ2) is 7.00. The Kier molecular flexibility index (Phi) is 4.13. The molecule has 1 saturated heterocycles. The Hall–Kier alpha value is -3.00. The number of aliphatic imine (C=N–C) groups is 1. The van der Waals surface area contributed by atoms with E-state index in [1.54, 1.807) is 11.3 Å². The number of thiophene rings is 1. The zero-order valence-corrected chi connectivity index (χ0v) is 19.1. The minimum Gasteiger partial charge on any atom is -0.342 e. The normalized spacial score (nSPS) is 23.7. The van der Waals surface area contributed by atoms with Crippen molar-refractivity contribution in [3.8, 4) is 10.4 Å². The van der Waals surface area contributed by atoms with Crippen molar-refractivity contribution in [1.29, 1.82) is 0 Å². The molecule has 4 aliphatic rings. The van der Waals surface area contributed by atoms with Gasteiger partial charge >= 0.3 is 0 Å². The predicted octanol–water partition coefficient (Wildman–Crippen LogP) is 3.67. The first kappa shape index (κ1) is 19.5. The highest BCUT2D eigenvalue weighted by Crippen LogP contribution is 2.47. The lowest BCUT2D eigenvalue weighted by Gasteiger charge is -2.23. The molecule has 7 rings (SSSR count). The van der Waals surface area contributed by atoms with Crippen molar-refractivity contribution < 1.29 is 9.59 Å². The maximum absolute atomic E-state index is 13.3. The number of hydrogen-bond acceptors (Lipinski definition) is 5. The predicted molar refractivity (Wildman–Crippen MR) is 127 cm³/mol. The molecule has 2 aromatic heterocycles. The lowest BCUT2D eigenvalue weighted by atomic mass is 10.1. The average molecular weight is 460 g/mol. The minimum absolute atomic E-state index is 0.149.